The lowest BCUT2D eigenvalue weighted by Crippen LogP contribution is -2.49. The average Bonchev–Trinajstić information content (AvgIpc) is 3.11. The molecule has 0 spiro atoms. The number of hydrogen-bond donors (Lipinski definition) is 3. The molecule has 1 heterocycles. The van der Waals surface area contributed by atoms with Gasteiger partial charge in [0.25, 0.3) is 0 Å². The van der Waals surface area contributed by atoms with Crippen molar-refractivity contribution in [2.75, 3.05) is 6.54 Å². The third-order valence-corrected chi connectivity index (χ3v) is 5.30. The monoisotopic (exact) mass is 414 g/mol. The Balaban J connectivity index is 2.10. The Morgan fingerprint density at radius 2 is 1.96 bits per heavy atom. The van der Waals surface area contributed by atoms with Crippen LogP contribution in [0.4, 0.5) is 0 Å². The summed E-state index contributed by atoms with van der Waals surface area (Å²) in [6.07, 6.45) is 4.71. The van der Waals surface area contributed by atoms with Gasteiger partial charge in [-0.2, -0.15) is 4.72 Å². The van der Waals surface area contributed by atoms with Crippen molar-refractivity contribution in [2.45, 2.75) is 30.3 Å². The van der Waals surface area contributed by atoms with E-state index < -0.39 is 27.9 Å². The maximum Gasteiger partial charge on any atom is 0.303 e. The van der Waals surface area contributed by atoms with Gasteiger partial charge in [-0.05, 0) is 30.7 Å². The zero-order valence-electron chi connectivity index (χ0n) is 14.2. The molecule has 0 fully saturated rings. The van der Waals surface area contributed by atoms with E-state index in [1.54, 1.807) is 10.8 Å². The van der Waals surface area contributed by atoms with Crippen LogP contribution in [0.25, 0.3) is 0 Å². The van der Waals surface area contributed by atoms with E-state index in [4.69, 9.17) is 16.7 Å². The Bertz CT molecular complexity index is 869. The predicted octanol–water partition coefficient (Wildman–Crippen LogP) is 0.865. The van der Waals surface area contributed by atoms with Gasteiger partial charge in [0.05, 0.1) is 11.2 Å². The second kappa shape index (κ2) is 9.49. The first-order valence-corrected chi connectivity index (χ1v) is 9.87. The van der Waals surface area contributed by atoms with E-state index >= 15 is 0 Å². The molecule has 1 amide bonds. The molecular formula is C16H19ClN4O5S. The fourth-order valence-electron chi connectivity index (χ4n) is 2.22. The second-order valence-electron chi connectivity index (χ2n) is 5.68. The SMILES string of the molecule is O=C(O)CCCNC(=O)[C@H](Cn1ccnc1)NS(=O)(=O)c1ccc(Cl)cc1. The molecule has 1 aromatic heterocycles. The highest BCUT2D eigenvalue weighted by Gasteiger charge is 2.26. The highest BCUT2D eigenvalue weighted by atomic mass is 35.5. The Morgan fingerprint density at radius 3 is 2.56 bits per heavy atom. The van der Waals surface area contributed by atoms with Crippen molar-refractivity contribution in [3.8, 4) is 0 Å². The molecule has 1 aromatic carbocycles. The Kier molecular flexibility index (Phi) is 7.34. The fourth-order valence-corrected chi connectivity index (χ4v) is 3.54. The summed E-state index contributed by atoms with van der Waals surface area (Å²) in [6.45, 7) is 0.145. The third kappa shape index (κ3) is 6.66. The molecule has 0 saturated heterocycles. The Labute approximate surface area is 161 Å². The van der Waals surface area contributed by atoms with E-state index in [0.29, 0.717) is 5.02 Å². The third-order valence-electron chi connectivity index (χ3n) is 3.56. The fraction of sp³-hybridized carbons (Fsp3) is 0.312. The lowest BCUT2D eigenvalue weighted by molar-refractivity contribution is -0.137. The van der Waals surface area contributed by atoms with Crippen LogP contribution >= 0.6 is 11.6 Å². The normalized spacial score (nSPS) is 12.5. The summed E-state index contributed by atoms with van der Waals surface area (Å²) in [7, 11) is -3.97. The summed E-state index contributed by atoms with van der Waals surface area (Å²) in [5, 5.41) is 11.6. The topological polar surface area (TPSA) is 130 Å². The number of nitrogens with one attached hydrogen (secondary N) is 2. The molecule has 0 radical (unpaired) electrons. The first kappa shape index (κ1) is 20.9. The van der Waals surface area contributed by atoms with Crippen LogP contribution in [0, 0.1) is 0 Å². The molecule has 2 rings (SSSR count). The lowest BCUT2D eigenvalue weighted by Gasteiger charge is -2.19. The van der Waals surface area contributed by atoms with Crippen LogP contribution in [0.3, 0.4) is 0 Å². The highest BCUT2D eigenvalue weighted by molar-refractivity contribution is 7.89. The van der Waals surface area contributed by atoms with Crippen LogP contribution in [0.5, 0.6) is 0 Å². The minimum absolute atomic E-state index is 0.0254. The highest BCUT2D eigenvalue weighted by Crippen LogP contribution is 2.14. The maximum absolute atomic E-state index is 12.6. The summed E-state index contributed by atoms with van der Waals surface area (Å²) in [5.41, 5.74) is 0. The average molecular weight is 415 g/mol. The number of rotatable bonds is 10. The standard InChI is InChI=1S/C16H19ClN4O5S/c17-12-3-5-13(6-4-12)27(25,26)20-14(10-21-9-8-18-11-21)16(24)19-7-1-2-15(22)23/h3-6,8-9,11,14,20H,1-2,7,10H2,(H,19,24)(H,22,23)/t14-/m0/s1. The Morgan fingerprint density at radius 1 is 1.26 bits per heavy atom. The molecule has 2 aromatic rings. The molecule has 0 saturated carbocycles. The summed E-state index contributed by atoms with van der Waals surface area (Å²) in [4.78, 5) is 26.8. The summed E-state index contributed by atoms with van der Waals surface area (Å²) in [6, 6.07) is 4.44. The van der Waals surface area contributed by atoms with Gasteiger partial charge >= 0.3 is 5.97 Å². The molecule has 0 aliphatic heterocycles. The first-order valence-electron chi connectivity index (χ1n) is 8.01. The number of imidazole rings is 1. The van der Waals surface area contributed by atoms with E-state index in [-0.39, 0.29) is 30.8 Å². The van der Waals surface area contributed by atoms with Gasteiger partial charge in [-0.3, -0.25) is 9.59 Å². The summed E-state index contributed by atoms with van der Waals surface area (Å²) in [5.74, 6) is -1.53. The van der Waals surface area contributed by atoms with Gasteiger partial charge < -0.3 is 15.0 Å². The van der Waals surface area contributed by atoms with Gasteiger partial charge in [0.1, 0.15) is 6.04 Å². The van der Waals surface area contributed by atoms with Gasteiger partial charge in [0.2, 0.25) is 15.9 Å². The largest absolute Gasteiger partial charge is 0.481 e. The smallest absolute Gasteiger partial charge is 0.303 e. The molecule has 11 heteroatoms. The molecule has 146 valence electrons. The Hall–Kier alpha value is -2.43. The van der Waals surface area contributed by atoms with Gasteiger partial charge in [0.15, 0.2) is 0 Å². The molecule has 0 bridgehead atoms. The minimum Gasteiger partial charge on any atom is -0.481 e. The van der Waals surface area contributed by atoms with Crippen LogP contribution in [-0.4, -0.2) is 47.5 Å². The van der Waals surface area contributed by atoms with Crippen molar-refractivity contribution in [3.63, 3.8) is 0 Å². The predicted molar refractivity (Wildman–Crippen MR) is 97.7 cm³/mol. The van der Waals surface area contributed by atoms with Crippen molar-refractivity contribution in [1.29, 1.82) is 0 Å². The number of carboxylic acids is 1. The van der Waals surface area contributed by atoms with E-state index in [1.165, 1.54) is 36.8 Å². The maximum atomic E-state index is 12.6. The molecule has 0 aliphatic rings. The van der Waals surface area contributed by atoms with Crippen LogP contribution in [0.2, 0.25) is 5.02 Å². The number of benzene rings is 1. The van der Waals surface area contributed by atoms with Crippen molar-refractivity contribution in [1.82, 2.24) is 19.6 Å². The number of halogens is 1. The lowest BCUT2D eigenvalue weighted by atomic mass is 10.2. The number of hydrogen-bond acceptors (Lipinski definition) is 5. The number of aromatic nitrogens is 2. The number of carbonyl (C=O) groups is 2. The molecule has 9 nitrogen and oxygen atoms in total. The molecule has 27 heavy (non-hydrogen) atoms. The molecule has 1 atom stereocenters. The molecule has 0 unspecified atom stereocenters. The van der Waals surface area contributed by atoms with Crippen LogP contribution in [0.1, 0.15) is 12.8 Å². The molecule has 3 N–H and O–H groups in total. The summed E-state index contributed by atoms with van der Waals surface area (Å²) < 4.78 is 29.1. The number of carbonyl (C=O) groups excluding carboxylic acids is 1. The van der Waals surface area contributed by atoms with E-state index in [0.717, 1.165) is 0 Å². The second-order valence-corrected chi connectivity index (χ2v) is 7.83. The van der Waals surface area contributed by atoms with E-state index in [1.807, 2.05) is 0 Å². The number of sulfonamides is 1. The van der Waals surface area contributed by atoms with E-state index in [9.17, 15) is 18.0 Å². The van der Waals surface area contributed by atoms with Crippen LogP contribution < -0.4 is 10.0 Å². The first-order chi connectivity index (χ1) is 12.8. The van der Waals surface area contributed by atoms with Gasteiger partial charge in [-0.15, -0.1) is 0 Å². The zero-order valence-corrected chi connectivity index (χ0v) is 15.8. The van der Waals surface area contributed by atoms with Crippen LogP contribution in [0.15, 0.2) is 47.9 Å². The van der Waals surface area contributed by atoms with Crippen molar-refractivity contribution >= 4 is 33.5 Å². The summed E-state index contributed by atoms with van der Waals surface area (Å²) >= 11 is 5.77. The van der Waals surface area contributed by atoms with E-state index in [2.05, 4.69) is 15.0 Å². The van der Waals surface area contributed by atoms with Crippen LogP contribution in [-0.2, 0) is 26.2 Å². The molecule has 0 aliphatic carbocycles. The zero-order chi connectivity index (χ0) is 19.9. The number of carboxylic acid groups (broad SMARTS) is 1. The van der Waals surface area contributed by atoms with Gasteiger partial charge in [0, 0.05) is 36.9 Å². The quantitative estimate of drug-likeness (QED) is 0.494. The van der Waals surface area contributed by atoms with Crippen molar-refractivity contribution < 1.29 is 23.1 Å². The number of amides is 1. The number of aliphatic carboxylic acids is 1. The van der Waals surface area contributed by atoms with Crippen molar-refractivity contribution in [3.05, 3.63) is 48.0 Å². The van der Waals surface area contributed by atoms with Gasteiger partial charge in [-0.25, -0.2) is 13.4 Å². The molecular weight excluding hydrogens is 396 g/mol. The number of nitrogens with zero attached hydrogens (tertiary/aromatic N) is 2. The van der Waals surface area contributed by atoms with Crippen molar-refractivity contribution in [2.24, 2.45) is 0 Å². The minimum atomic E-state index is -3.97. The van der Waals surface area contributed by atoms with Gasteiger partial charge in [-0.1, -0.05) is 11.6 Å².